The third-order valence-electron chi connectivity index (χ3n) is 8.21. The summed E-state index contributed by atoms with van der Waals surface area (Å²) in [6, 6.07) is 7.15. The molecule has 1 aliphatic carbocycles. The van der Waals surface area contributed by atoms with Crippen molar-refractivity contribution in [1.29, 1.82) is 0 Å². The molecule has 5 fully saturated rings. The van der Waals surface area contributed by atoms with Gasteiger partial charge in [0.15, 0.2) is 11.9 Å². The molecule has 6 heteroatoms. The zero-order valence-electron chi connectivity index (χ0n) is 18.0. The van der Waals surface area contributed by atoms with E-state index in [1.54, 1.807) is 12.1 Å². The lowest BCUT2D eigenvalue weighted by molar-refractivity contribution is -0.571. The largest absolute Gasteiger partial charge is 0.478 e. The van der Waals surface area contributed by atoms with Crippen LogP contribution in [0.4, 0.5) is 0 Å². The van der Waals surface area contributed by atoms with E-state index in [4.69, 9.17) is 24.4 Å². The standard InChI is InChI=1S/C24H32O6/c1-14-4-10-19-15(2)20(11-7-16-5-8-17(9-6-16)21(25)26)27-22-24(19)18(14)12-13-23(3,28-22)29-30-24/h5-6,8-9,14-15,18-20,22H,4,7,10-13H2,1-3H3,(H,25,26)/t14-,15-,18+,19+,20?,22-,23+,24-/m1/s1. The summed E-state index contributed by atoms with van der Waals surface area (Å²) in [5.41, 5.74) is 0.937. The molecular weight excluding hydrogens is 384 g/mol. The predicted octanol–water partition coefficient (Wildman–Crippen LogP) is 4.57. The lowest BCUT2D eigenvalue weighted by Gasteiger charge is -2.60. The Morgan fingerprint density at radius 3 is 2.60 bits per heavy atom. The van der Waals surface area contributed by atoms with Gasteiger partial charge in [-0.25, -0.2) is 14.6 Å². The van der Waals surface area contributed by atoms with E-state index in [2.05, 4.69) is 13.8 Å². The number of benzene rings is 1. The molecule has 0 radical (unpaired) electrons. The minimum atomic E-state index is -0.895. The van der Waals surface area contributed by atoms with Crippen molar-refractivity contribution in [1.82, 2.24) is 0 Å². The molecule has 0 amide bonds. The molecule has 1 aromatic rings. The number of aromatic carboxylic acids is 1. The normalized spacial score (nSPS) is 44.9. The van der Waals surface area contributed by atoms with Crippen LogP contribution < -0.4 is 0 Å². The van der Waals surface area contributed by atoms with Crippen molar-refractivity contribution < 1.29 is 29.1 Å². The van der Waals surface area contributed by atoms with E-state index in [1.165, 1.54) is 6.42 Å². The van der Waals surface area contributed by atoms with Gasteiger partial charge in [0.2, 0.25) is 5.79 Å². The number of ether oxygens (including phenoxy) is 2. The van der Waals surface area contributed by atoms with Gasteiger partial charge in [0.05, 0.1) is 11.7 Å². The molecule has 30 heavy (non-hydrogen) atoms. The van der Waals surface area contributed by atoms with E-state index in [0.29, 0.717) is 29.2 Å². The topological polar surface area (TPSA) is 74.2 Å². The van der Waals surface area contributed by atoms with E-state index in [1.807, 2.05) is 19.1 Å². The van der Waals surface area contributed by atoms with E-state index < -0.39 is 23.6 Å². The van der Waals surface area contributed by atoms with Gasteiger partial charge in [-0.15, -0.1) is 0 Å². The molecule has 4 saturated heterocycles. The van der Waals surface area contributed by atoms with Crippen molar-refractivity contribution >= 4 is 5.97 Å². The number of carboxylic acid groups (broad SMARTS) is 1. The van der Waals surface area contributed by atoms with Crippen molar-refractivity contribution in [2.24, 2.45) is 23.7 Å². The summed E-state index contributed by atoms with van der Waals surface area (Å²) in [5, 5.41) is 9.10. The minimum Gasteiger partial charge on any atom is -0.478 e. The number of hydrogen-bond donors (Lipinski definition) is 1. The SMILES string of the molecule is C[C@@H]1CC[C@H]2[C@@H](C)C(CCc3ccc(C(=O)O)cc3)O[C@@H]3O[C@]4(C)CC[C@@H]1[C@]32OO4. The van der Waals surface area contributed by atoms with Crippen LogP contribution >= 0.6 is 0 Å². The number of aryl methyl sites for hydroxylation is 1. The third-order valence-corrected chi connectivity index (χ3v) is 8.21. The Balaban J connectivity index is 1.37. The highest BCUT2D eigenvalue weighted by molar-refractivity contribution is 5.87. The molecule has 8 atom stereocenters. The summed E-state index contributed by atoms with van der Waals surface area (Å²) in [6.45, 7) is 6.56. The predicted molar refractivity (Wildman–Crippen MR) is 109 cm³/mol. The summed E-state index contributed by atoms with van der Waals surface area (Å²) < 4.78 is 13.0. The summed E-state index contributed by atoms with van der Waals surface area (Å²) >= 11 is 0. The van der Waals surface area contributed by atoms with Crippen LogP contribution in [0.2, 0.25) is 0 Å². The number of fused-ring (bicyclic) bond motifs is 2. The number of carbonyl (C=O) groups is 1. The number of hydrogen-bond acceptors (Lipinski definition) is 5. The highest BCUT2D eigenvalue weighted by Crippen LogP contribution is 2.60. The Labute approximate surface area is 177 Å². The van der Waals surface area contributed by atoms with Crippen molar-refractivity contribution in [3.63, 3.8) is 0 Å². The van der Waals surface area contributed by atoms with Crippen LogP contribution in [-0.4, -0.2) is 34.9 Å². The lowest BCUT2D eigenvalue weighted by Crippen LogP contribution is -2.70. The maximum absolute atomic E-state index is 11.1. The monoisotopic (exact) mass is 416 g/mol. The number of carboxylic acids is 1. The van der Waals surface area contributed by atoms with Gasteiger partial charge in [-0.1, -0.05) is 26.0 Å². The average Bonchev–Trinajstić information content (AvgIpc) is 2.96. The molecule has 2 bridgehead atoms. The van der Waals surface area contributed by atoms with Gasteiger partial charge < -0.3 is 14.6 Å². The summed E-state index contributed by atoms with van der Waals surface area (Å²) in [5.74, 6) is 0.00107. The smallest absolute Gasteiger partial charge is 0.335 e. The average molecular weight is 417 g/mol. The first kappa shape index (κ1) is 20.4. The minimum absolute atomic E-state index is 0.0744. The van der Waals surface area contributed by atoms with E-state index in [9.17, 15) is 4.79 Å². The van der Waals surface area contributed by atoms with Crippen molar-refractivity contribution in [2.45, 2.75) is 83.1 Å². The number of rotatable bonds is 4. The van der Waals surface area contributed by atoms with Crippen LogP contribution in [0.25, 0.3) is 0 Å². The Morgan fingerprint density at radius 1 is 1.10 bits per heavy atom. The van der Waals surface area contributed by atoms with E-state index in [0.717, 1.165) is 37.7 Å². The molecule has 6 rings (SSSR count). The molecular formula is C24H32O6. The van der Waals surface area contributed by atoms with Gasteiger partial charge in [0.1, 0.15) is 0 Å². The fourth-order valence-electron chi connectivity index (χ4n) is 6.43. The zero-order chi connectivity index (χ0) is 21.1. The molecule has 6 nitrogen and oxygen atoms in total. The molecule has 0 aromatic heterocycles. The Kier molecular flexibility index (Phi) is 4.97. The van der Waals surface area contributed by atoms with Crippen LogP contribution in [-0.2, 0) is 25.7 Å². The first-order valence-corrected chi connectivity index (χ1v) is 11.3. The lowest BCUT2D eigenvalue weighted by atomic mass is 9.57. The fourth-order valence-corrected chi connectivity index (χ4v) is 6.43. The molecule has 5 aliphatic rings. The second kappa shape index (κ2) is 7.30. The van der Waals surface area contributed by atoms with Crippen molar-refractivity contribution in [2.75, 3.05) is 0 Å². The molecule has 1 N–H and O–H groups in total. The maximum Gasteiger partial charge on any atom is 0.335 e. The van der Waals surface area contributed by atoms with Gasteiger partial charge in [0, 0.05) is 12.3 Å². The molecule has 4 heterocycles. The summed E-state index contributed by atoms with van der Waals surface area (Å²) in [7, 11) is 0. The van der Waals surface area contributed by atoms with Crippen LogP contribution in [0.3, 0.4) is 0 Å². The van der Waals surface area contributed by atoms with Gasteiger partial charge in [-0.3, -0.25) is 0 Å². The maximum atomic E-state index is 11.1. The molecule has 164 valence electrons. The first-order chi connectivity index (χ1) is 14.3. The zero-order valence-corrected chi connectivity index (χ0v) is 18.0. The fraction of sp³-hybridized carbons (Fsp3) is 0.708. The Hall–Kier alpha value is -1.47. The first-order valence-electron chi connectivity index (χ1n) is 11.3. The van der Waals surface area contributed by atoms with Crippen molar-refractivity contribution in [3.05, 3.63) is 35.4 Å². The van der Waals surface area contributed by atoms with Crippen LogP contribution in [0.1, 0.15) is 68.8 Å². The Bertz CT molecular complexity index is 808. The summed E-state index contributed by atoms with van der Waals surface area (Å²) in [4.78, 5) is 23.2. The van der Waals surface area contributed by atoms with E-state index in [-0.39, 0.29) is 6.10 Å². The molecule has 1 unspecified atom stereocenters. The molecule has 1 aromatic carbocycles. The highest BCUT2D eigenvalue weighted by atomic mass is 17.3. The Morgan fingerprint density at radius 2 is 1.87 bits per heavy atom. The van der Waals surface area contributed by atoms with E-state index >= 15 is 0 Å². The third kappa shape index (κ3) is 3.11. The van der Waals surface area contributed by atoms with Gasteiger partial charge in [-0.2, -0.15) is 0 Å². The summed E-state index contributed by atoms with van der Waals surface area (Å²) in [6.07, 6.45) is 5.57. The van der Waals surface area contributed by atoms with Crippen molar-refractivity contribution in [3.8, 4) is 0 Å². The second-order valence-corrected chi connectivity index (χ2v) is 9.98. The quantitative estimate of drug-likeness (QED) is 0.725. The van der Waals surface area contributed by atoms with Gasteiger partial charge in [-0.05, 0) is 74.5 Å². The molecule has 1 saturated carbocycles. The highest BCUT2D eigenvalue weighted by Gasteiger charge is 2.69. The second-order valence-electron chi connectivity index (χ2n) is 9.98. The van der Waals surface area contributed by atoms with Crippen LogP contribution in [0.5, 0.6) is 0 Å². The molecule has 1 spiro atoms. The van der Waals surface area contributed by atoms with Crippen LogP contribution in [0.15, 0.2) is 24.3 Å². The van der Waals surface area contributed by atoms with Gasteiger partial charge in [0.25, 0.3) is 0 Å². The van der Waals surface area contributed by atoms with Crippen LogP contribution in [0, 0.1) is 23.7 Å². The molecule has 4 aliphatic heterocycles. The van der Waals surface area contributed by atoms with Gasteiger partial charge >= 0.3 is 5.97 Å².